The number of nitrogens with zero attached hydrogens (tertiary/aromatic N) is 2. The Kier molecular flexibility index (Phi) is 6.97. The summed E-state index contributed by atoms with van der Waals surface area (Å²) in [6, 6.07) is 12.3. The topological polar surface area (TPSA) is 133 Å². The molecule has 1 aromatic heterocycles. The summed E-state index contributed by atoms with van der Waals surface area (Å²) < 4.78 is 1.88. The number of pyridine rings is 1. The fourth-order valence-electron chi connectivity index (χ4n) is 5.00. The minimum Gasteiger partial charge on any atom is -0.481 e. The van der Waals surface area contributed by atoms with Crippen LogP contribution in [0.3, 0.4) is 0 Å². The van der Waals surface area contributed by atoms with E-state index in [9.17, 15) is 14.4 Å². The van der Waals surface area contributed by atoms with Crippen LogP contribution < -0.4 is 26.4 Å². The van der Waals surface area contributed by atoms with E-state index in [-0.39, 0.29) is 23.5 Å². The van der Waals surface area contributed by atoms with E-state index in [0.717, 1.165) is 32.1 Å². The van der Waals surface area contributed by atoms with Crippen molar-refractivity contribution in [3.8, 4) is 0 Å². The molecule has 10 heteroatoms. The first-order valence-corrected chi connectivity index (χ1v) is 11.4. The Balaban J connectivity index is 0.000000636. The molecule has 3 atom stereocenters. The number of carbonyl (C=O) groups excluding carboxylic acids is 2. The molecule has 5 rings (SSSR count). The number of anilines is 1. The number of rotatable bonds is 4. The summed E-state index contributed by atoms with van der Waals surface area (Å²) in [5.41, 5.74) is 2.25. The molecule has 4 N–H and O–H groups in total. The lowest BCUT2D eigenvalue weighted by molar-refractivity contribution is -0.134. The molecule has 10 nitrogen and oxygen atoms in total. The third kappa shape index (κ3) is 4.96. The van der Waals surface area contributed by atoms with Gasteiger partial charge in [-0.15, -0.1) is 0 Å². The van der Waals surface area contributed by atoms with Gasteiger partial charge in [0.2, 0.25) is 0 Å². The lowest BCUT2D eigenvalue weighted by Crippen LogP contribution is -2.50. The van der Waals surface area contributed by atoms with Gasteiger partial charge < -0.3 is 25.6 Å². The zero-order valence-electron chi connectivity index (χ0n) is 19.0. The van der Waals surface area contributed by atoms with E-state index >= 15 is 0 Å². The van der Waals surface area contributed by atoms with Crippen LogP contribution in [0.15, 0.2) is 47.3 Å². The number of piperidine rings is 1. The molecule has 4 heterocycles. The standard InChI is InChI=1S/C22H25N5O3.C2H4O2/c28-20-6-2-5-18-15-9-16(12-23-11-15)19(27(18)20)13-25-21(29)14-3-1-4-17(10-14)26-8-7-24-22(26)30;1-2(3)4/h1-6,10,15-16,19,23H,7-9,11-13H2,(H,24,30)(H,25,29);1H3,(H,3,4)/t15-,16+,19+;/m1./s1. The third-order valence-corrected chi connectivity index (χ3v) is 6.45. The summed E-state index contributed by atoms with van der Waals surface area (Å²) in [5, 5.41) is 16.7. The summed E-state index contributed by atoms with van der Waals surface area (Å²) in [6.45, 7) is 4.39. The van der Waals surface area contributed by atoms with Crippen molar-refractivity contribution >= 4 is 23.6 Å². The number of nitrogens with one attached hydrogen (secondary N) is 3. The van der Waals surface area contributed by atoms with Gasteiger partial charge in [-0.25, -0.2) is 4.79 Å². The Hall–Kier alpha value is -3.66. The van der Waals surface area contributed by atoms with E-state index in [1.165, 1.54) is 0 Å². The Bertz CT molecular complexity index is 1140. The second kappa shape index (κ2) is 10.1. The van der Waals surface area contributed by atoms with E-state index in [2.05, 4.69) is 16.0 Å². The molecule has 0 aliphatic carbocycles. The van der Waals surface area contributed by atoms with Crippen LogP contribution in [0, 0.1) is 5.92 Å². The molecule has 3 aliphatic rings. The van der Waals surface area contributed by atoms with Crippen molar-refractivity contribution < 1.29 is 19.5 Å². The Labute approximate surface area is 197 Å². The molecule has 34 heavy (non-hydrogen) atoms. The monoisotopic (exact) mass is 467 g/mol. The smallest absolute Gasteiger partial charge is 0.321 e. The first kappa shape index (κ1) is 23.5. The van der Waals surface area contributed by atoms with E-state index in [4.69, 9.17) is 9.90 Å². The molecule has 2 fully saturated rings. The number of aliphatic carboxylic acids is 1. The number of aromatic nitrogens is 1. The molecule has 180 valence electrons. The van der Waals surface area contributed by atoms with Gasteiger partial charge in [-0.2, -0.15) is 0 Å². The molecule has 3 amide bonds. The van der Waals surface area contributed by atoms with Gasteiger partial charge in [0.05, 0.1) is 6.04 Å². The maximum atomic E-state index is 12.9. The lowest BCUT2D eigenvalue weighted by atomic mass is 9.79. The van der Waals surface area contributed by atoms with Gasteiger partial charge in [0.25, 0.3) is 17.4 Å². The van der Waals surface area contributed by atoms with Crippen LogP contribution in [-0.2, 0) is 4.79 Å². The highest BCUT2D eigenvalue weighted by Gasteiger charge is 2.37. The van der Waals surface area contributed by atoms with Gasteiger partial charge >= 0.3 is 6.03 Å². The molecule has 2 bridgehead atoms. The van der Waals surface area contributed by atoms with Crippen molar-refractivity contribution in [2.75, 3.05) is 37.6 Å². The molecule has 3 aliphatic heterocycles. The number of amides is 3. The molecule has 1 aromatic carbocycles. The molecule has 2 saturated heterocycles. The Morgan fingerprint density at radius 1 is 1.15 bits per heavy atom. The number of carboxylic acids is 1. The van der Waals surface area contributed by atoms with Gasteiger partial charge in [-0.1, -0.05) is 12.1 Å². The van der Waals surface area contributed by atoms with Crippen LogP contribution >= 0.6 is 0 Å². The molecule has 2 aromatic rings. The van der Waals surface area contributed by atoms with Crippen LogP contribution in [-0.4, -0.2) is 60.3 Å². The van der Waals surface area contributed by atoms with E-state index in [0.29, 0.717) is 42.7 Å². The minimum absolute atomic E-state index is 0.00890. The maximum Gasteiger partial charge on any atom is 0.321 e. The average molecular weight is 468 g/mol. The van der Waals surface area contributed by atoms with Crippen molar-refractivity contribution in [3.63, 3.8) is 0 Å². The zero-order valence-corrected chi connectivity index (χ0v) is 19.0. The first-order valence-electron chi connectivity index (χ1n) is 11.4. The maximum absolute atomic E-state index is 12.9. The third-order valence-electron chi connectivity index (χ3n) is 6.45. The number of benzene rings is 1. The van der Waals surface area contributed by atoms with Crippen LogP contribution in [0.4, 0.5) is 10.5 Å². The Morgan fingerprint density at radius 2 is 1.91 bits per heavy atom. The molecular formula is C24H29N5O5. The number of fused-ring (bicyclic) bond motifs is 4. The Morgan fingerprint density at radius 3 is 2.65 bits per heavy atom. The van der Waals surface area contributed by atoms with Gasteiger partial charge in [0.1, 0.15) is 0 Å². The minimum atomic E-state index is -0.833. The number of hydrogen-bond acceptors (Lipinski definition) is 5. The quantitative estimate of drug-likeness (QED) is 0.533. The fraction of sp³-hybridized carbons (Fsp3) is 0.417. The van der Waals surface area contributed by atoms with E-state index < -0.39 is 5.97 Å². The van der Waals surface area contributed by atoms with Gasteiger partial charge in [0, 0.05) is 68.6 Å². The fourth-order valence-corrected chi connectivity index (χ4v) is 5.00. The second-order valence-corrected chi connectivity index (χ2v) is 8.74. The molecule has 0 spiro atoms. The summed E-state index contributed by atoms with van der Waals surface area (Å²) >= 11 is 0. The average Bonchev–Trinajstić information content (AvgIpc) is 3.25. The highest BCUT2D eigenvalue weighted by molar-refractivity contribution is 5.98. The normalized spacial score (nSPS) is 22.7. The van der Waals surface area contributed by atoms with Crippen LogP contribution in [0.1, 0.15) is 41.4 Å². The number of carboxylic acid groups (broad SMARTS) is 1. The van der Waals surface area contributed by atoms with Crippen molar-refractivity contribution in [1.82, 2.24) is 20.5 Å². The summed E-state index contributed by atoms with van der Waals surface area (Å²) in [5.74, 6) is -0.392. The summed E-state index contributed by atoms with van der Waals surface area (Å²) in [7, 11) is 0. The highest BCUT2D eigenvalue weighted by Crippen LogP contribution is 2.38. The molecule has 0 saturated carbocycles. The SMILES string of the molecule is CC(=O)O.O=C(NC[C@H]1[C@@H]2CNC[C@@H](C2)c2cccc(=O)n21)c1cccc(N2CCNC2=O)c1. The number of carbonyl (C=O) groups is 3. The van der Waals surface area contributed by atoms with Crippen molar-refractivity contribution in [3.05, 3.63) is 64.1 Å². The van der Waals surface area contributed by atoms with Crippen LogP contribution in [0.25, 0.3) is 0 Å². The van der Waals surface area contributed by atoms with Gasteiger partial charge in [-0.05, 0) is 36.6 Å². The summed E-state index contributed by atoms with van der Waals surface area (Å²) in [4.78, 5) is 48.0. The van der Waals surface area contributed by atoms with Gasteiger partial charge in [0.15, 0.2) is 0 Å². The predicted molar refractivity (Wildman–Crippen MR) is 126 cm³/mol. The molecular weight excluding hydrogens is 438 g/mol. The number of hydrogen-bond donors (Lipinski definition) is 4. The highest BCUT2D eigenvalue weighted by atomic mass is 16.4. The predicted octanol–water partition coefficient (Wildman–Crippen LogP) is 1.15. The number of urea groups is 1. The first-order chi connectivity index (χ1) is 16.3. The van der Waals surface area contributed by atoms with Crippen molar-refractivity contribution in [1.29, 1.82) is 0 Å². The summed E-state index contributed by atoms with van der Waals surface area (Å²) in [6.07, 6.45) is 1.02. The second-order valence-electron chi connectivity index (χ2n) is 8.74. The van der Waals surface area contributed by atoms with Gasteiger partial charge in [-0.3, -0.25) is 19.3 Å². The van der Waals surface area contributed by atoms with Crippen LogP contribution in [0.5, 0.6) is 0 Å². The van der Waals surface area contributed by atoms with E-state index in [1.54, 1.807) is 29.2 Å². The largest absolute Gasteiger partial charge is 0.481 e. The van der Waals surface area contributed by atoms with E-state index in [1.807, 2.05) is 22.8 Å². The zero-order chi connectivity index (χ0) is 24.2. The van der Waals surface area contributed by atoms with Crippen molar-refractivity contribution in [2.24, 2.45) is 5.92 Å². The van der Waals surface area contributed by atoms with Crippen molar-refractivity contribution in [2.45, 2.75) is 25.3 Å². The molecule has 0 radical (unpaired) electrons. The lowest BCUT2D eigenvalue weighted by Gasteiger charge is -2.43. The molecule has 0 unspecified atom stereocenters. The van der Waals surface area contributed by atoms with Crippen LogP contribution in [0.2, 0.25) is 0 Å².